The predicted molar refractivity (Wildman–Crippen MR) is 71.0 cm³/mol. The van der Waals surface area contributed by atoms with Crippen LogP contribution < -0.4 is 10.6 Å². The number of carbonyl (C=O) groups is 1. The van der Waals surface area contributed by atoms with Crippen molar-refractivity contribution in [2.24, 2.45) is 0 Å². The Morgan fingerprint density at radius 1 is 1.11 bits per heavy atom. The highest BCUT2D eigenvalue weighted by Gasteiger charge is 2.44. The van der Waals surface area contributed by atoms with Gasteiger partial charge in [0.25, 0.3) is 0 Å². The molecule has 1 aliphatic carbocycles. The van der Waals surface area contributed by atoms with Crippen LogP contribution in [0.2, 0.25) is 0 Å². The fourth-order valence-electron chi connectivity index (χ4n) is 3.10. The molecule has 3 heteroatoms. The molecule has 1 aromatic rings. The summed E-state index contributed by atoms with van der Waals surface area (Å²) in [6, 6.07) is 8.05. The second-order valence-electron chi connectivity index (χ2n) is 5.62. The summed E-state index contributed by atoms with van der Waals surface area (Å²) < 4.78 is 0. The van der Waals surface area contributed by atoms with E-state index in [0.29, 0.717) is 0 Å². The monoisotopic (exact) mass is 244 g/mol. The summed E-state index contributed by atoms with van der Waals surface area (Å²) in [7, 11) is 0. The second kappa shape index (κ2) is 4.39. The quantitative estimate of drug-likeness (QED) is 0.796. The van der Waals surface area contributed by atoms with Crippen LogP contribution in [-0.4, -0.2) is 11.6 Å². The zero-order valence-corrected chi connectivity index (χ0v) is 10.8. The van der Waals surface area contributed by atoms with Crippen LogP contribution in [0.1, 0.15) is 49.3 Å². The van der Waals surface area contributed by atoms with Gasteiger partial charge in [-0.2, -0.15) is 0 Å². The van der Waals surface area contributed by atoms with Gasteiger partial charge < -0.3 is 5.32 Å². The summed E-state index contributed by atoms with van der Waals surface area (Å²) in [5.41, 5.74) is 2.16. The third-order valence-corrected chi connectivity index (χ3v) is 4.16. The van der Waals surface area contributed by atoms with Crippen molar-refractivity contribution in [2.75, 3.05) is 0 Å². The van der Waals surface area contributed by atoms with E-state index in [4.69, 9.17) is 0 Å². The predicted octanol–water partition coefficient (Wildman–Crippen LogP) is 2.42. The third kappa shape index (κ3) is 2.03. The van der Waals surface area contributed by atoms with Crippen molar-refractivity contribution in [3.8, 4) is 0 Å². The highest BCUT2D eigenvalue weighted by molar-refractivity contribution is 5.86. The summed E-state index contributed by atoms with van der Waals surface area (Å²) in [4.78, 5) is 12.2. The van der Waals surface area contributed by atoms with Crippen LogP contribution in [-0.2, 0) is 4.79 Å². The van der Waals surface area contributed by atoms with Crippen LogP contribution in [0.15, 0.2) is 24.3 Å². The molecule has 3 nitrogen and oxygen atoms in total. The van der Waals surface area contributed by atoms with Gasteiger partial charge in [0.2, 0.25) is 5.91 Å². The number of rotatable bonds is 1. The summed E-state index contributed by atoms with van der Waals surface area (Å²) in [5, 5.41) is 6.71. The number of aryl methyl sites for hydroxylation is 1. The van der Waals surface area contributed by atoms with Crippen LogP contribution in [0.3, 0.4) is 0 Å². The van der Waals surface area contributed by atoms with Gasteiger partial charge in [0.05, 0.1) is 5.66 Å². The van der Waals surface area contributed by atoms with Gasteiger partial charge in [-0.25, -0.2) is 0 Å². The Bertz CT molecular complexity index is 446. The van der Waals surface area contributed by atoms with E-state index in [-0.39, 0.29) is 17.6 Å². The molecule has 0 aromatic heterocycles. The minimum absolute atomic E-state index is 0.126. The molecule has 1 aliphatic heterocycles. The van der Waals surface area contributed by atoms with Crippen molar-refractivity contribution in [2.45, 2.75) is 50.7 Å². The molecule has 96 valence electrons. The van der Waals surface area contributed by atoms with Crippen LogP contribution in [0, 0.1) is 6.92 Å². The molecule has 2 fully saturated rings. The smallest absolute Gasteiger partial charge is 0.243 e. The van der Waals surface area contributed by atoms with Gasteiger partial charge in [-0.15, -0.1) is 0 Å². The molecule has 1 spiro atoms. The van der Waals surface area contributed by atoms with Gasteiger partial charge in [0.1, 0.15) is 6.04 Å². The van der Waals surface area contributed by atoms with Crippen LogP contribution in [0.25, 0.3) is 0 Å². The first-order chi connectivity index (χ1) is 8.69. The molecule has 3 rings (SSSR count). The van der Waals surface area contributed by atoms with Crippen LogP contribution >= 0.6 is 0 Å². The number of carbonyl (C=O) groups excluding carboxylic acids is 1. The van der Waals surface area contributed by atoms with Crippen LogP contribution in [0.4, 0.5) is 0 Å². The van der Waals surface area contributed by atoms with E-state index in [1.54, 1.807) is 0 Å². The SMILES string of the molecule is Cc1ccc(C2NC3(CCCCC3)NC2=O)cc1. The highest BCUT2D eigenvalue weighted by Crippen LogP contribution is 2.33. The summed E-state index contributed by atoms with van der Waals surface area (Å²) in [6.07, 6.45) is 5.80. The molecule has 1 amide bonds. The molecule has 18 heavy (non-hydrogen) atoms. The fourth-order valence-corrected chi connectivity index (χ4v) is 3.10. The van der Waals surface area contributed by atoms with E-state index in [9.17, 15) is 4.79 Å². The second-order valence-corrected chi connectivity index (χ2v) is 5.62. The molecule has 2 N–H and O–H groups in total. The minimum atomic E-state index is -0.177. The molecule has 1 saturated carbocycles. The number of amides is 1. The van der Waals surface area contributed by atoms with Gasteiger partial charge in [-0.3, -0.25) is 10.1 Å². The molecule has 0 bridgehead atoms. The van der Waals surface area contributed by atoms with Crippen molar-refractivity contribution in [1.82, 2.24) is 10.6 Å². The molecule has 0 radical (unpaired) electrons. The van der Waals surface area contributed by atoms with E-state index >= 15 is 0 Å². The number of hydrogen-bond acceptors (Lipinski definition) is 2. The Kier molecular flexibility index (Phi) is 2.86. The summed E-state index contributed by atoms with van der Waals surface area (Å²) >= 11 is 0. The largest absolute Gasteiger partial charge is 0.336 e. The topological polar surface area (TPSA) is 41.1 Å². The maximum absolute atomic E-state index is 12.2. The maximum atomic E-state index is 12.2. The number of nitrogens with one attached hydrogen (secondary N) is 2. The van der Waals surface area contributed by atoms with E-state index < -0.39 is 0 Å². The van der Waals surface area contributed by atoms with E-state index in [1.807, 2.05) is 0 Å². The van der Waals surface area contributed by atoms with E-state index in [0.717, 1.165) is 18.4 Å². The van der Waals surface area contributed by atoms with Gasteiger partial charge >= 0.3 is 0 Å². The molecule has 1 heterocycles. The van der Waals surface area contributed by atoms with Crippen molar-refractivity contribution in [1.29, 1.82) is 0 Å². The minimum Gasteiger partial charge on any atom is -0.336 e. The third-order valence-electron chi connectivity index (χ3n) is 4.16. The molecular formula is C15H20N2O. The molecule has 1 saturated heterocycles. The Morgan fingerprint density at radius 2 is 1.78 bits per heavy atom. The van der Waals surface area contributed by atoms with Gasteiger partial charge in [-0.05, 0) is 38.2 Å². The lowest BCUT2D eigenvalue weighted by molar-refractivity contribution is -0.121. The average Bonchev–Trinajstić information content (AvgIpc) is 2.68. The van der Waals surface area contributed by atoms with Crippen molar-refractivity contribution in [3.05, 3.63) is 35.4 Å². The number of hydrogen-bond donors (Lipinski definition) is 2. The van der Waals surface area contributed by atoms with Crippen molar-refractivity contribution < 1.29 is 4.79 Å². The number of benzene rings is 1. The molecule has 2 aliphatic rings. The summed E-state index contributed by atoms with van der Waals surface area (Å²) in [6.45, 7) is 2.06. The molecule has 1 aromatic carbocycles. The molecule has 1 unspecified atom stereocenters. The standard InChI is InChI=1S/C15H20N2O/c1-11-5-7-12(8-6-11)13-14(18)17-15(16-13)9-3-2-4-10-15/h5-8,13,16H,2-4,9-10H2,1H3,(H,17,18). The first kappa shape index (κ1) is 11.7. The lowest BCUT2D eigenvalue weighted by Gasteiger charge is -2.33. The van der Waals surface area contributed by atoms with E-state index in [2.05, 4.69) is 41.8 Å². The highest BCUT2D eigenvalue weighted by atomic mass is 16.2. The molecular weight excluding hydrogens is 224 g/mol. The van der Waals surface area contributed by atoms with Gasteiger partial charge in [0.15, 0.2) is 0 Å². The van der Waals surface area contributed by atoms with Crippen molar-refractivity contribution in [3.63, 3.8) is 0 Å². The molecule has 1 atom stereocenters. The normalized spacial score (nSPS) is 26.3. The first-order valence-electron chi connectivity index (χ1n) is 6.85. The Labute approximate surface area is 108 Å². The van der Waals surface area contributed by atoms with E-state index in [1.165, 1.54) is 24.8 Å². The average molecular weight is 244 g/mol. The first-order valence-corrected chi connectivity index (χ1v) is 6.85. The maximum Gasteiger partial charge on any atom is 0.243 e. The van der Waals surface area contributed by atoms with Crippen molar-refractivity contribution >= 4 is 5.91 Å². The lowest BCUT2D eigenvalue weighted by atomic mass is 9.89. The van der Waals surface area contributed by atoms with Gasteiger partial charge in [-0.1, -0.05) is 36.2 Å². The Hall–Kier alpha value is -1.35. The zero-order chi connectivity index (χ0) is 12.6. The summed E-state index contributed by atoms with van der Waals surface area (Å²) in [5.74, 6) is 0.126. The Morgan fingerprint density at radius 3 is 2.44 bits per heavy atom. The fraction of sp³-hybridized carbons (Fsp3) is 0.533. The van der Waals surface area contributed by atoms with Crippen LogP contribution in [0.5, 0.6) is 0 Å². The Balaban J connectivity index is 1.82. The zero-order valence-electron chi connectivity index (χ0n) is 10.8. The van der Waals surface area contributed by atoms with Gasteiger partial charge in [0, 0.05) is 0 Å². The lowest BCUT2D eigenvalue weighted by Crippen LogP contribution is -2.51.